The van der Waals surface area contributed by atoms with Crippen molar-refractivity contribution >= 4 is 35.0 Å². The fourth-order valence-corrected chi connectivity index (χ4v) is 8.16. The molecule has 4 aliphatic rings. The molecule has 4 heterocycles. The number of carbonyl (C=O) groups excluding carboxylic acids is 3. The molecule has 2 aromatic carbocycles. The van der Waals surface area contributed by atoms with Crippen LogP contribution in [0.4, 0.5) is 5.69 Å². The maximum Gasteiger partial charge on any atom is 0.253 e. The van der Waals surface area contributed by atoms with Crippen molar-refractivity contribution in [1.29, 1.82) is 0 Å². The van der Waals surface area contributed by atoms with Gasteiger partial charge in [-0.2, -0.15) is 0 Å². The Morgan fingerprint density at radius 3 is 2.34 bits per heavy atom. The number of hydrogen-bond acceptors (Lipinski definition) is 5. The van der Waals surface area contributed by atoms with Crippen LogP contribution in [0.3, 0.4) is 0 Å². The summed E-state index contributed by atoms with van der Waals surface area (Å²) in [6.07, 6.45) is 8.03. The lowest BCUT2D eigenvalue weighted by Gasteiger charge is -2.42. The number of aliphatic hydroxyl groups excluding tert-OH is 1. The highest BCUT2D eigenvalue weighted by molar-refractivity contribution is 6.34. The molecular weight excluding hydrogens is 578 g/mol. The van der Waals surface area contributed by atoms with Crippen molar-refractivity contribution in [2.24, 2.45) is 17.8 Å². The van der Waals surface area contributed by atoms with Gasteiger partial charge in [-0.1, -0.05) is 99.1 Å². The monoisotopic (exact) mass is 617 g/mol. The van der Waals surface area contributed by atoms with E-state index in [0.29, 0.717) is 30.2 Å². The summed E-state index contributed by atoms with van der Waals surface area (Å²) in [7, 11) is 0. The van der Waals surface area contributed by atoms with E-state index in [1.54, 1.807) is 15.9 Å². The number of nitrogens with zero attached hydrogens (tertiary/aromatic N) is 3. The van der Waals surface area contributed by atoms with Gasteiger partial charge in [-0.15, -0.1) is 0 Å². The van der Waals surface area contributed by atoms with Gasteiger partial charge < -0.3 is 24.5 Å². The van der Waals surface area contributed by atoms with E-state index < -0.39 is 35.1 Å². The normalized spacial score (nSPS) is 30.4. The molecular formula is C35H40ClN3O5. The quantitative estimate of drug-likeness (QED) is 0.461. The van der Waals surface area contributed by atoms with E-state index in [9.17, 15) is 19.5 Å². The first-order valence-electron chi connectivity index (χ1n) is 15.5. The van der Waals surface area contributed by atoms with Crippen molar-refractivity contribution in [1.82, 2.24) is 9.80 Å². The van der Waals surface area contributed by atoms with Gasteiger partial charge in [0.25, 0.3) is 5.91 Å². The van der Waals surface area contributed by atoms with Crippen molar-refractivity contribution in [3.63, 3.8) is 0 Å². The molecule has 0 saturated carbocycles. The summed E-state index contributed by atoms with van der Waals surface area (Å²) < 4.78 is 7.09. The average Bonchev–Trinajstić information content (AvgIpc) is 3.30. The first-order valence-corrected chi connectivity index (χ1v) is 15.9. The Morgan fingerprint density at radius 1 is 0.955 bits per heavy atom. The van der Waals surface area contributed by atoms with E-state index in [0.717, 1.165) is 11.1 Å². The lowest BCUT2D eigenvalue weighted by molar-refractivity contribution is -0.153. The molecule has 232 valence electrons. The van der Waals surface area contributed by atoms with Crippen LogP contribution in [-0.4, -0.2) is 75.6 Å². The van der Waals surface area contributed by atoms with Gasteiger partial charge >= 0.3 is 0 Å². The first kappa shape index (κ1) is 30.6. The Bertz CT molecular complexity index is 1510. The average molecular weight is 618 g/mol. The molecule has 6 rings (SSSR count). The summed E-state index contributed by atoms with van der Waals surface area (Å²) in [5.74, 6) is -2.84. The topological polar surface area (TPSA) is 90.4 Å². The standard InChI is InChI=1S/C35H40ClN3O5/c1-5-34-16-10-18-37(20-24-13-7-6-8-14-24)31(41)27(34)28-32(42)39(26(21-40)22(2)3)30-33(43)38(19-11-17-35(28,30)44-34)29-23(4)12-9-15-25(29)36/h6-17,22,26-28,30,40H,5,18-21H2,1-4H3/t26-,27-,28-,30?,34+,35-/m0/s1. The number of halogens is 1. The number of ether oxygens (including phenoxy) is 1. The van der Waals surface area contributed by atoms with Crippen LogP contribution in [0.15, 0.2) is 72.8 Å². The minimum atomic E-state index is -1.42. The van der Waals surface area contributed by atoms with Crippen LogP contribution < -0.4 is 4.90 Å². The molecule has 8 nitrogen and oxygen atoms in total. The van der Waals surface area contributed by atoms with Gasteiger partial charge in [0.15, 0.2) is 0 Å². The third-order valence-corrected chi connectivity index (χ3v) is 10.3. The van der Waals surface area contributed by atoms with Crippen LogP contribution in [-0.2, 0) is 25.7 Å². The SMILES string of the molecule is CC[C@@]12C=CCN(Cc3ccccc3)C(=O)[C@@H]1[C@H]1C(=O)N([C@@H](CO)C(C)C)C3C(=O)N(c4c(C)cccc4Cl)CC=C[C@@]31O2. The number of para-hydroxylation sites is 1. The molecule has 1 N–H and O–H groups in total. The molecule has 1 unspecified atom stereocenters. The molecule has 2 fully saturated rings. The zero-order chi connectivity index (χ0) is 31.4. The molecule has 3 amide bonds. The Morgan fingerprint density at radius 2 is 1.68 bits per heavy atom. The fourth-order valence-electron chi connectivity index (χ4n) is 7.84. The number of aliphatic hydroxyl groups is 1. The number of hydrogen-bond donors (Lipinski definition) is 1. The Hall–Kier alpha value is -3.46. The molecule has 0 radical (unpaired) electrons. The number of likely N-dealkylation sites (tertiary alicyclic amines) is 1. The molecule has 6 atom stereocenters. The summed E-state index contributed by atoms with van der Waals surface area (Å²) in [6.45, 7) is 8.35. The van der Waals surface area contributed by atoms with E-state index in [1.807, 2.05) is 94.5 Å². The van der Waals surface area contributed by atoms with Gasteiger partial charge in [0.1, 0.15) is 11.6 Å². The van der Waals surface area contributed by atoms with Gasteiger partial charge in [-0.3, -0.25) is 14.4 Å². The third-order valence-electron chi connectivity index (χ3n) is 9.95. The Kier molecular flexibility index (Phi) is 7.97. The van der Waals surface area contributed by atoms with E-state index in [-0.39, 0.29) is 36.8 Å². The van der Waals surface area contributed by atoms with Crippen molar-refractivity contribution in [3.8, 4) is 0 Å². The first-order chi connectivity index (χ1) is 21.1. The van der Waals surface area contributed by atoms with Gasteiger partial charge in [0.2, 0.25) is 11.8 Å². The van der Waals surface area contributed by atoms with E-state index >= 15 is 0 Å². The molecule has 2 aromatic rings. The molecule has 0 aromatic heterocycles. The number of rotatable bonds is 7. The third kappa shape index (κ3) is 4.53. The maximum absolute atomic E-state index is 14.9. The van der Waals surface area contributed by atoms with Gasteiger partial charge in [0, 0.05) is 19.6 Å². The summed E-state index contributed by atoms with van der Waals surface area (Å²) in [6, 6.07) is 13.5. The van der Waals surface area contributed by atoms with Crippen molar-refractivity contribution in [2.45, 2.75) is 63.9 Å². The minimum absolute atomic E-state index is 0.161. The number of carbonyl (C=O) groups is 3. The molecule has 0 bridgehead atoms. The molecule has 2 saturated heterocycles. The van der Waals surface area contributed by atoms with Gasteiger partial charge in [0.05, 0.1) is 40.8 Å². The summed E-state index contributed by atoms with van der Waals surface area (Å²) in [5, 5.41) is 11.0. The number of fused-ring (bicyclic) bond motifs is 2. The van der Waals surface area contributed by atoms with Gasteiger partial charge in [-0.05, 0) is 36.5 Å². The van der Waals surface area contributed by atoms with E-state index in [1.165, 1.54) is 4.90 Å². The molecule has 4 aliphatic heterocycles. The number of aryl methyl sites for hydroxylation is 1. The largest absolute Gasteiger partial charge is 0.394 e. The highest BCUT2D eigenvalue weighted by atomic mass is 35.5. The summed E-state index contributed by atoms with van der Waals surface area (Å²) in [5.41, 5.74) is -0.123. The van der Waals surface area contributed by atoms with Crippen LogP contribution in [0.2, 0.25) is 5.02 Å². The highest BCUT2D eigenvalue weighted by Crippen LogP contribution is 2.59. The van der Waals surface area contributed by atoms with Crippen molar-refractivity contribution in [2.75, 3.05) is 24.6 Å². The lowest BCUT2D eigenvalue weighted by Crippen LogP contribution is -2.60. The molecule has 9 heteroatoms. The van der Waals surface area contributed by atoms with Crippen LogP contribution in [0, 0.1) is 24.7 Å². The number of anilines is 1. The van der Waals surface area contributed by atoms with Crippen molar-refractivity contribution in [3.05, 3.63) is 89.0 Å². The lowest BCUT2D eigenvalue weighted by atomic mass is 9.73. The van der Waals surface area contributed by atoms with E-state index in [2.05, 4.69) is 0 Å². The number of amides is 3. The van der Waals surface area contributed by atoms with Crippen molar-refractivity contribution < 1.29 is 24.2 Å². The highest BCUT2D eigenvalue weighted by Gasteiger charge is 2.76. The maximum atomic E-state index is 14.9. The second-order valence-electron chi connectivity index (χ2n) is 12.7. The zero-order valence-corrected chi connectivity index (χ0v) is 26.4. The predicted molar refractivity (Wildman–Crippen MR) is 169 cm³/mol. The van der Waals surface area contributed by atoms with Crippen LogP contribution in [0.25, 0.3) is 0 Å². The van der Waals surface area contributed by atoms with Crippen LogP contribution in [0.5, 0.6) is 0 Å². The van der Waals surface area contributed by atoms with E-state index in [4.69, 9.17) is 16.3 Å². The molecule has 0 aliphatic carbocycles. The summed E-state index contributed by atoms with van der Waals surface area (Å²) >= 11 is 6.67. The smallest absolute Gasteiger partial charge is 0.253 e. The zero-order valence-electron chi connectivity index (χ0n) is 25.7. The van der Waals surface area contributed by atoms with Gasteiger partial charge in [-0.25, -0.2) is 0 Å². The Labute approximate surface area is 263 Å². The summed E-state index contributed by atoms with van der Waals surface area (Å²) in [4.78, 5) is 49.2. The second-order valence-corrected chi connectivity index (χ2v) is 13.1. The Balaban J connectivity index is 1.51. The molecule has 1 spiro atoms. The number of benzene rings is 2. The molecule has 44 heavy (non-hydrogen) atoms. The van der Waals surface area contributed by atoms with Crippen LogP contribution >= 0.6 is 11.6 Å². The predicted octanol–water partition coefficient (Wildman–Crippen LogP) is 4.53. The second kappa shape index (κ2) is 11.5. The fraction of sp³-hybridized carbons (Fsp3) is 0.457. The minimum Gasteiger partial charge on any atom is -0.394 e. The van der Waals surface area contributed by atoms with Crippen LogP contribution in [0.1, 0.15) is 38.3 Å².